The number of nitrogens with zero attached hydrogens (tertiary/aromatic N) is 3. The number of H-pyrrole nitrogens is 1. The molecular weight excluding hydrogens is 428 g/mol. The molecule has 1 unspecified atom stereocenters. The van der Waals surface area contributed by atoms with E-state index in [4.69, 9.17) is 4.42 Å². The number of anilines is 1. The highest BCUT2D eigenvalue weighted by Gasteiger charge is 2.25. The van der Waals surface area contributed by atoms with Gasteiger partial charge in [-0.1, -0.05) is 19.3 Å². The fraction of sp³-hybridized carbons (Fsp3) is 0.364. The highest BCUT2D eigenvalue weighted by atomic mass is 16.3. The molecule has 3 heterocycles. The summed E-state index contributed by atoms with van der Waals surface area (Å²) < 4.78 is 4.93. The van der Waals surface area contributed by atoms with Gasteiger partial charge in [-0.3, -0.25) is 19.4 Å². The molecular formula is C22H24N6O5. The number of hydrogen-bond acceptors (Lipinski definition) is 8. The standard InChI is InChI=1S/C22H24N6O5/c1-12(13-5-3-2-4-6-13)25-21(31)17-18(29)22(32)28-19(27-17)15-8-7-14(9-24-15)26-20(30)16-10-23-11-33-16/h7-13,29H,2-6H2,1H3,(H,25,31)(H,26,30)(H,27,28,32). The molecule has 0 aliphatic heterocycles. The fourth-order valence-electron chi connectivity index (χ4n) is 3.90. The van der Waals surface area contributed by atoms with Gasteiger partial charge in [-0.05, 0) is 37.8 Å². The number of carbonyl (C=O) groups is 2. The van der Waals surface area contributed by atoms with E-state index in [2.05, 4.69) is 30.6 Å². The van der Waals surface area contributed by atoms with Gasteiger partial charge in [0, 0.05) is 6.04 Å². The molecule has 11 heteroatoms. The molecule has 33 heavy (non-hydrogen) atoms. The van der Waals surface area contributed by atoms with Crippen molar-refractivity contribution in [2.24, 2.45) is 5.92 Å². The summed E-state index contributed by atoms with van der Waals surface area (Å²) in [7, 11) is 0. The van der Waals surface area contributed by atoms with Crippen LogP contribution in [-0.4, -0.2) is 42.9 Å². The molecule has 1 aliphatic carbocycles. The maximum Gasteiger partial charge on any atom is 0.294 e. The molecule has 0 aromatic carbocycles. The Morgan fingerprint density at radius 2 is 1.97 bits per heavy atom. The highest BCUT2D eigenvalue weighted by Crippen LogP contribution is 2.26. The van der Waals surface area contributed by atoms with Gasteiger partial charge in [-0.15, -0.1) is 0 Å². The Bertz CT molecular complexity index is 1180. The van der Waals surface area contributed by atoms with Crippen molar-refractivity contribution in [1.82, 2.24) is 25.3 Å². The molecule has 0 bridgehead atoms. The van der Waals surface area contributed by atoms with Crippen molar-refractivity contribution < 1.29 is 19.1 Å². The molecule has 1 atom stereocenters. The Morgan fingerprint density at radius 1 is 1.18 bits per heavy atom. The average Bonchev–Trinajstić information content (AvgIpc) is 3.37. The second-order valence-electron chi connectivity index (χ2n) is 8.02. The lowest BCUT2D eigenvalue weighted by atomic mass is 9.84. The van der Waals surface area contributed by atoms with Crippen LogP contribution in [-0.2, 0) is 0 Å². The number of nitrogens with one attached hydrogen (secondary N) is 3. The van der Waals surface area contributed by atoms with E-state index < -0.39 is 23.1 Å². The molecule has 3 aromatic rings. The van der Waals surface area contributed by atoms with Crippen molar-refractivity contribution in [2.45, 2.75) is 45.1 Å². The minimum atomic E-state index is -0.847. The first kappa shape index (κ1) is 22.2. The lowest BCUT2D eigenvalue weighted by molar-refractivity contribution is 0.0910. The first-order valence-corrected chi connectivity index (χ1v) is 10.7. The molecule has 1 saturated carbocycles. The van der Waals surface area contributed by atoms with Gasteiger partial charge >= 0.3 is 0 Å². The monoisotopic (exact) mass is 452 g/mol. The van der Waals surface area contributed by atoms with Gasteiger partial charge in [0.15, 0.2) is 17.9 Å². The second kappa shape index (κ2) is 9.63. The van der Waals surface area contributed by atoms with Crippen molar-refractivity contribution >= 4 is 17.5 Å². The number of pyridine rings is 1. The van der Waals surface area contributed by atoms with E-state index >= 15 is 0 Å². The van der Waals surface area contributed by atoms with Gasteiger partial charge in [0.2, 0.25) is 11.5 Å². The SMILES string of the molecule is CC(NC(=O)c1nc(-c2ccc(NC(=O)c3cnco3)cn2)[nH]c(=O)c1O)C1CCCCC1. The van der Waals surface area contributed by atoms with Gasteiger partial charge in [-0.2, -0.15) is 0 Å². The van der Waals surface area contributed by atoms with E-state index in [9.17, 15) is 19.5 Å². The topological polar surface area (TPSA) is 163 Å². The van der Waals surface area contributed by atoms with Crippen LogP contribution in [0, 0.1) is 5.92 Å². The normalized spacial score (nSPS) is 15.1. The Hall–Kier alpha value is -4.02. The minimum absolute atomic E-state index is 0.0152. The van der Waals surface area contributed by atoms with Crippen molar-refractivity contribution in [3.63, 3.8) is 0 Å². The smallest absolute Gasteiger partial charge is 0.294 e. The van der Waals surface area contributed by atoms with Gasteiger partial charge in [-0.25, -0.2) is 9.97 Å². The molecule has 2 amide bonds. The Kier molecular flexibility index (Phi) is 6.48. The van der Waals surface area contributed by atoms with Crippen LogP contribution >= 0.6 is 0 Å². The fourth-order valence-corrected chi connectivity index (χ4v) is 3.90. The lowest BCUT2D eigenvalue weighted by Gasteiger charge is -2.28. The summed E-state index contributed by atoms with van der Waals surface area (Å²) in [6, 6.07) is 2.96. The predicted molar refractivity (Wildman–Crippen MR) is 118 cm³/mol. The maximum atomic E-state index is 12.8. The minimum Gasteiger partial charge on any atom is -0.501 e. The number of aromatic hydroxyl groups is 1. The van der Waals surface area contributed by atoms with E-state index in [1.54, 1.807) is 6.07 Å². The molecule has 0 spiro atoms. The number of carbonyl (C=O) groups excluding carboxylic acids is 2. The zero-order valence-corrected chi connectivity index (χ0v) is 18.0. The quantitative estimate of drug-likeness (QED) is 0.443. The van der Waals surface area contributed by atoms with E-state index in [1.807, 2.05) is 6.92 Å². The molecule has 1 fully saturated rings. The van der Waals surface area contributed by atoms with Gasteiger partial charge in [0.05, 0.1) is 18.1 Å². The van der Waals surface area contributed by atoms with E-state index in [1.165, 1.54) is 24.9 Å². The van der Waals surface area contributed by atoms with Crippen LogP contribution in [0.2, 0.25) is 0 Å². The van der Waals surface area contributed by atoms with E-state index in [-0.39, 0.29) is 29.0 Å². The van der Waals surface area contributed by atoms with E-state index in [0.717, 1.165) is 32.1 Å². The van der Waals surface area contributed by atoms with Gasteiger partial charge < -0.3 is 25.1 Å². The molecule has 172 valence electrons. The molecule has 4 rings (SSSR count). The first-order valence-electron chi connectivity index (χ1n) is 10.7. The van der Waals surface area contributed by atoms with Crippen LogP contribution in [0.4, 0.5) is 5.69 Å². The van der Waals surface area contributed by atoms with Crippen molar-refractivity contribution in [3.8, 4) is 17.3 Å². The summed E-state index contributed by atoms with van der Waals surface area (Å²) in [5, 5.41) is 15.6. The average molecular weight is 452 g/mol. The number of rotatable bonds is 6. The Morgan fingerprint density at radius 3 is 2.64 bits per heavy atom. The summed E-state index contributed by atoms with van der Waals surface area (Å²) in [6.45, 7) is 1.92. The van der Waals surface area contributed by atoms with Crippen LogP contribution in [0.15, 0.2) is 40.1 Å². The summed E-state index contributed by atoms with van der Waals surface area (Å²) in [5.41, 5.74) is -0.583. The van der Waals surface area contributed by atoms with Crippen LogP contribution in [0.3, 0.4) is 0 Å². The number of aromatic amines is 1. The van der Waals surface area contributed by atoms with Gasteiger partial charge in [0.25, 0.3) is 17.4 Å². The molecule has 1 aliphatic rings. The summed E-state index contributed by atoms with van der Waals surface area (Å²) >= 11 is 0. The number of oxazole rings is 1. The largest absolute Gasteiger partial charge is 0.501 e. The second-order valence-corrected chi connectivity index (χ2v) is 8.02. The van der Waals surface area contributed by atoms with Crippen LogP contribution in [0.25, 0.3) is 11.5 Å². The zero-order chi connectivity index (χ0) is 23.4. The predicted octanol–water partition coefficient (Wildman–Crippen LogP) is 2.48. The highest BCUT2D eigenvalue weighted by molar-refractivity contribution is 6.02. The third-order valence-corrected chi connectivity index (χ3v) is 5.75. The summed E-state index contributed by atoms with van der Waals surface area (Å²) in [4.78, 5) is 51.5. The number of amides is 2. The van der Waals surface area contributed by atoms with Gasteiger partial charge in [0.1, 0.15) is 5.69 Å². The van der Waals surface area contributed by atoms with Crippen LogP contribution < -0.4 is 16.2 Å². The lowest BCUT2D eigenvalue weighted by Crippen LogP contribution is -2.39. The zero-order valence-electron chi connectivity index (χ0n) is 18.0. The Balaban J connectivity index is 1.51. The van der Waals surface area contributed by atoms with Crippen LogP contribution in [0.1, 0.15) is 60.1 Å². The molecule has 4 N–H and O–H groups in total. The number of hydrogen-bond donors (Lipinski definition) is 4. The first-order chi connectivity index (χ1) is 15.9. The van der Waals surface area contributed by atoms with E-state index in [0.29, 0.717) is 11.6 Å². The molecule has 0 saturated heterocycles. The third kappa shape index (κ3) is 5.08. The van der Waals surface area contributed by atoms with Crippen molar-refractivity contribution in [2.75, 3.05) is 5.32 Å². The summed E-state index contributed by atoms with van der Waals surface area (Å²) in [5.74, 6) is -1.45. The third-order valence-electron chi connectivity index (χ3n) is 5.75. The maximum absolute atomic E-state index is 12.8. The van der Waals surface area contributed by atoms with Crippen molar-refractivity contribution in [3.05, 3.63) is 52.7 Å². The molecule has 3 aromatic heterocycles. The van der Waals surface area contributed by atoms with Crippen molar-refractivity contribution in [1.29, 1.82) is 0 Å². The Labute approximate surface area is 188 Å². The van der Waals surface area contributed by atoms with Crippen LogP contribution in [0.5, 0.6) is 5.75 Å². The molecule has 0 radical (unpaired) electrons. The molecule has 11 nitrogen and oxygen atoms in total. The summed E-state index contributed by atoms with van der Waals surface area (Å²) in [6.07, 6.45) is 9.31. The number of aromatic nitrogens is 4.